The number of para-hydroxylation sites is 1. The highest BCUT2D eigenvalue weighted by Gasteiger charge is 2.27. The topological polar surface area (TPSA) is 64.4 Å². The zero-order chi connectivity index (χ0) is 18.8. The summed E-state index contributed by atoms with van der Waals surface area (Å²) >= 11 is 2.92. The average Bonchev–Trinajstić information content (AvgIpc) is 3.08. The molecule has 3 heterocycles. The van der Waals surface area contributed by atoms with Crippen molar-refractivity contribution in [2.45, 2.75) is 28.6 Å². The molecule has 2 aromatic rings. The van der Waals surface area contributed by atoms with Crippen LogP contribution in [0.1, 0.15) is 12.6 Å². The summed E-state index contributed by atoms with van der Waals surface area (Å²) in [6, 6.07) is 9.51. The average molecular weight is 404 g/mol. The molecule has 1 aromatic carbocycles. The summed E-state index contributed by atoms with van der Waals surface area (Å²) in [6.45, 7) is 4.51. The number of nitrogens with zero attached hydrogens (tertiary/aromatic N) is 3. The molecule has 1 aromatic heterocycles. The monoisotopic (exact) mass is 403 g/mol. The van der Waals surface area contributed by atoms with E-state index in [1.807, 2.05) is 35.2 Å². The minimum atomic E-state index is -0.0399. The lowest BCUT2D eigenvalue weighted by atomic mass is 10.2. The van der Waals surface area contributed by atoms with Crippen molar-refractivity contribution in [3.05, 3.63) is 46.4 Å². The number of ether oxygens (including phenoxy) is 1. The second kappa shape index (κ2) is 8.08. The fraction of sp³-hybridized carbons (Fsp3) is 0.421. The molecule has 0 bridgehead atoms. The van der Waals surface area contributed by atoms with E-state index in [0.717, 1.165) is 22.7 Å². The summed E-state index contributed by atoms with van der Waals surface area (Å²) in [6.07, 6.45) is 0.788. The van der Waals surface area contributed by atoms with E-state index in [0.29, 0.717) is 36.7 Å². The number of aromatic nitrogens is 2. The van der Waals surface area contributed by atoms with Gasteiger partial charge in [0.25, 0.3) is 5.56 Å². The number of carbonyl (C=O) groups excluding carboxylic acids is 1. The standard InChI is InChI=1S/C19H21N3O3S2/c1-13-11-15-17(27-13)18(24)22(14-5-3-2-4-6-14)19(20-15)26-12-16(23)21-7-9-25-10-8-21/h2-6,13H,7-12H2,1H3/t13-/m0/s1. The predicted octanol–water partition coefficient (Wildman–Crippen LogP) is 2.22. The fourth-order valence-electron chi connectivity index (χ4n) is 3.23. The van der Waals surface area contributed by atoms with E-state index < -0.39 is 0 Å². The van der Waals surface area contributed by atoms with Crippen molar-refractivity contribution < 1.29 is 9.53 Å². The normalized spacial score (nSPS) is 19.1. The Kier molecular flexibility index (Phi) is 5.56. The van der Waals surface area contributed by atoms with Crippen LogP contribution in [0.5, 0.6) is 0 Å². The van der Waals surface area contributed by atoms with E-state index in [1.54, 1.807) is 16.3 Å². The zero-order valence-electron chi connectivity index (χ0n) is 15.1. The summed E-state index contributed by atoms with van der Waals surface area (Å²) in [4.78, 5) is 33.0. The zero-order valence-corrected chi connectivity index (χ0v) is 16.7. The molecule has 4 rings (SSSR count). The number of amides is 1. The molecule has 1 atom stereocenters. The molecule has 0 aliphatic carbocycles. The minimum Gasteiger partial charge on any atom is -0.378 e. The van der Waals surface area contributed by atoms with Gasteiger partial charge in [0.05, 0.1) is 35.2 Å². The van der Waals surface area contributed by atoms with Gasteiger partial charge in [-0.2, -0.15) is 0 Å². The summed E-state index contributed by atoms with van der Waals surface area (Å²) in [5.41, 5.74) is 1.59. The molecular weight excluding hydrogens is 382 g/mol. The van der Waals surface area contributed by atoms with E-state index in [9.17, 15) is 9.59 Å². The second-order valence-electron chi connectivity index (χ2n) is 6.56. The largest absolute Gasteiger partial charge is 0.378 e. The van der Waals surface area contributed by atoms with Gasteiger partial charge in [0, 0.05) is 24.8 Å². The Bertz CT molecular complexity index is 895. The van der Waals surface area contributed by atoms with Gasteiger partial charge in [0.15, 0.2) is 5.16 Å². The van der Waals surface area contributed by atoms with Crippen molar-refractivity contribution in [1.29, 1.82) is 0 Å². The van der Waals surface area contributed by atoms with E-state index in [4.69, 9.17) is 9.72 Å². The highest BCUT2D eigenvalue weighted by Crippen LogP contribution is 2.34. The molecule has 27 heavy (non-hydrogen) atoms. The predicted molar refractivity (Wildman–Crippen MR) is 107 cm³/mol. The SMILES string of the molecule is C[C@H]1Cc2nc(SCC(=O)N3CCOCC3)n(-c3ccccc3)c(=O)c2S1. The number of carbonyl (C=O) groups is 1. The van der Waals surface area contributed by atoms with Gasteiger partial charge >= 0.3 is 0 Å². The maximum Gasteiger partial charge on any atom is 0.272 e. The third-order valence-corrected chi connectivity index (χ3v) is 6.72. The Hall–Kier alpha value is -1.77. The van der Waals surface area contributed by atoms with Crippen LogP contribution in [0.25, 0.3) is 5.69 Å². The molecule has 0 spiro atoms. The number of hydrogen-bond acceptors (Lipinski definition) is 6. The maximum absolute atomic E-state index is 13.2. The third kappa shape index (κ3) is 3.93. The first-order chi connectivity index (χ1) is 13.1. The van der Waals surface area contributed by atoms with Crippen LogP contribution in [0.15, 0.2) is 45.2 Å². The molecule has 0 unspecified atom stereocenters. The first-order valence-corrected chi connectivity index (χ1v) is 10.9. The van der Waals surface area contributed by atoms with Crippen molar-refractivity contribution in [3.8, 4) is 5.69 Å². The van der Waals surface area contributed by atoms with Crippen LogP contribution in [-0.2, 0) is 16.0 Å². The number of fused-ring (bicyclic) bond motifs is 1. The molecule has 8 heteroatoms. The smallest absolute Gasteiger partial charge is 0.272 e. The van der Waals surface area contributed by atoms with Gasteiger partial charge < -0.3 is 9.64 Å². The van der Waals surface area contributed by atoms with Gasteiger partial charge in [0.1, 0.15) is 0 Å². The first-order valence-electron chi connectivity index (χ1n) is 9.00. The van der Waals surface area contributed by atoms with Gasteiger partial charge in [-0.3, -0.25) is 14.2 Å². The molecule has 0 radical (unpaired) electrons. The molecule has 2 aliphatic rings. The van der Waals surface area contributed by atoms with E-state index in [2.05, 4.69) is 6.92 Å². The number of thioether (sulfide) groups is 2. The quantitative estimate of drug-likeness (QED) is 0.576. The van der Waals surface area contributed by atoms with Gasteiger partial charge in [0.2, 0.25) is 5.91 Å². The number of benzene rings is 1. The second-order valence-corrected chi connectivity index (χ2v) is 8.95. The number of rotatable bonds is 4. The molecule has 142 valence electrons. The van der Waals surface area contributed by atoms with Crippen LogP contribution >= 0.6 is 23.5 Å². The molecule has 2 aliphatic heterocycles. The Morgan fingerprint density at radius 3 is 2.78 bits per heavy atom. The number of morpholine rings is 1. The van der Waals surface area contributed by atoms with Crippen LogP contribution in [0.3, 0.4) is 0 Å². The molecule has 1 saturated heterocycles. The summed E-state index contributed by atoms with van der Waals surface area (Å²) in [5, 5.41) is 0.931. The van der Waals surface area contributed by atoms with Gasteiger partial charge in [-0.1, -0.05) is 36.9 Å². The molecule has 1 fully saturated rings. The van der Waals surface area contributed by atoms with Gasteiger partial charge in [-0.25, -0.2) is 4.98 Å². The lowest BCUT2D eigenvalue weighted by Gasteiger charge is -2.26. The maximum atomic E-state index is 13.2. The lowest BCUT2D eigenvalue weighted by molar-refractivity contribution is -0.132. The Morgan fingerprint density at radius 2 is 2.04 bits per heavy atom. The lowest BCUT2D eigenvalue weighted by Crippen LogP contribution is -2.41. The molecule has 1 amide bonds. The first kappa shape index (κ1) is 18.6. The highest BCUT2D eigenvalue weighted by atomic mass is 32.2. The van der Waals surface area contributed by atoms with Gasteiger partial charge in [-0.05, 0) is 12.1 Å². The molecule has 0 N–H and O–H groups in total. The molecular formula is C19H21N3O3S2. The van der Waals surface area contributed by atoms with E-state index in [-0.39, 0.29) is 17.2 Å². The van der Waals surface area contributed by atoms with Crippen molar-refractivity contribution in [1.82, 2.24) is 14.5 Å². The van der Waals surface area contributed by atoms with Crippen molar-refractivity contribution in [2.75, 3.05) is 32.1 Å². The van der Waals surface area contributed by atoms with Crippen molar-refractivity contribution in [2.24, 2.45) is 0 Å². The van der Waals surface area contributed by atoms with Crippen LogP contribution in [0.4, 0.5) is 0 Å². The van der Waals surface area contributed by atoms with Crippen LogP contribution < -0.4 is 5.56 Å². The summed E-state index contributed by atoms with van der Waals surface area (Å²) < 4.78 is 6.94. The fourth-order valence-corrected chi connectivity index (χ4v) is 5.26. The third-order valence-electron chi connectivity index (χ3n) is 4.58. The highest BCUT2D eigenvalue weighted by molar-refractivity contribution is 8.00. The van der Waals surface area contributed by atoms with E-state index >= 15 is 0 Å². The van der Waals surface area contributed by atoms with Crippen LogP contribution in [-0.4, -0.2) is 57.7 Å². The van der Waals surface area contributed by atoms with Gasteiger partial charge in [-0.15, -0.1) is 11.8 Å². The summed E-state index contributed by atoms with van der Waals surface area (Å²) in [5.74, 6) is 0.321. The Balaban J connectivity index is 1.65. The minimum absolute atomic E-state index is 0.0399. The molecule has 0 saturated carbocycles. The van der Waals surface area contributed by atoms with E-state index in [1.165, 1.54) is 11.8 Å². The van der Waals surface area contributed by atoms with Crippen LogP contribution in [0.2, 0.25) is 0 Å². The van der Waals surface area contributed by atoms with Crippen molar-refractivity contribution >= 4 is 29.4 Å². The summed E-state index contributed by atoms with van der Waals surface area (Å²) in [7, 11) is 0. The van der Waals surface area contributed by atoms with Crippen molar-refractivity contribution in [3.63, 3.8) is 0 Å². The molecule has 6 nitrogen and oxygen atoms in total. The Morgan fingerprint density at radius 1 is 1.30 bits per heavy atom. The Labute approximate surface area is 166 Å². The number of hydrogen-bond donors (Lipinski definition) is 0. The van der Waals surface area contributed by atoms with Crippen LogP contribution in [0, 0.1) is 0 Å².